The van der Waals surface area contributed by atoms with E-state index >= 15 is 0 Å². The topological polar surface area (TPSA) is 26.0 Å². The molecule has 0 bridgehead atoms. The summed E-state index contributed by atoms with van der Waals surface area (Å²) in [5.41, 5.74) is 10.1. The highest BCUT2D eigenvalue weighted by molar-refractivity contribution is 5.94. The molecule has 2 aromatic carbocycles. The molecule has 1 nitrogen and oxygen atoms in total. The van der Waals surface area contributed by atoms with Gasteiger partial charge in [0.2, 0.25) is 0 Å². The normalized spacial score (nSPS) is 10.3. The third-order valence-corrected chi connectivity index (χ3v) is 2.96. The molecule has 0 aliphatic carbocycles. The van der Waals surface area contributed by atoms with E-state index in [2.05, 4.69) is 25.0 Å². The van der Waals surface area contributed by atoms with Crippen LogP contribution in [0.25, 0.3) is 10.8 Å². The van der Waals surface area contributed by atoms with Gasteiger partial charge < -0.3 is 5.73 Å². The third kappa shape index (κ3) is 1.53. The maximum Gasteiger partial charge on any atom is 0.0353 e. The zero-order chi connectivity index (χ0) is 11.7. The molecule has 1 heteroatoms. The second-order valence-corrected chi connectivity index (χ2v) is 4.03. The number of anilines is 1. The second kappa shape index (κ2) is 3.90. The Morgan fingerprint density at radius 3 is 2.69 bits per heavy atom. The summed E-state index contributed by atoms with van der Waals surface area (Å²) in [5, 5.41) is 2.31. The average molecular weight is 209 g/mol. The van der Waals surface area contributed by atoms with Gasteiger partial charge in [0.1, 0.15) is 0 Å². The van der Waals surface area contributed by atoms with E-state index in [1.54, 1.807) is 0 Å². The van der Waals surface area contributed by atoms with Gasteiger partial charge >= 0.3 is 0 Å². The highest BCUT2D eigenvalue weighted by Gasteiger charge is 2.07. The number of aryl methyl sites for hydroxylation is 2. The fraction of sp³-hybridized carbons (Fsp3) is 0.200. The molecule has 0 saturated carbocycles. The quantitative estimate of drug-likeness (QED) is 0.566. The largest absolute Gasteiger partial charge is 0.399 e. The Labute approximate surface area is 96.3 Å². The highest BCUT2D eigenvalue weighted by atomic mass is 14.5. The van der Waals surface area contributed by atoms with Crippen LogP contribution in [0.1, 0.15) is 23.6 Å². The Hall–Kier alpha value is -1.94. The van der Waals surface area contributed by atoms with E-state index in [9.17, 15) is 0 Å². The number of hydrogen-bond donors (Lipinski definition) is 1. The lowest BCUT2D eigenvalue weighted by Crippen LogP contribution is -1.94. The van der Waals surface area contributed by atoms with Crippen molar-refractivity contribution in [2.75, 3.05) is 5.73 Å². The van der Waals surface area contributed by atoms with Crippen molar-refractivity contribution >= 4 is 16.5 Å². The van der Waals surface area contributed by atoms with E-state index in [4.69, 9.17) is 12.2 Å². The van der Waals surface area contributed by atoms with E-state index in [0.29, 0.717) is 0 Å². The van der Waals surface area contributed by atoms with Gasteiger partial charge in [-0.05, 0) is 42.0 Å². The standard InChI is InChI=1S/C15H15N/c1-4-11-8-13(16)9-12-7-6-10(3)14(5-2)15(11)12/h2,6-9H,4,16H2,1,3H3. The monoisotopic (exact) mass is 209 g/mol. The maximum atomic E-state index is 5.88. The molecule has 0 atom stereocenters. The van der Waals surface area contributed by atoms with Crippen LogP contribution >= 0.6 is 0 Å². The van der Waals surface area contributed by atoms with Gasteiger partial charge in [-0.15, -0.1) is 6.42 Å². The van der Waals surface area contributed by atoms with E-state index in [1.807, 2.05) is 19.1 Å². The van der Waals surface area contributed by atoms with Gasteiger partial charge in [0.05, 0.1) is 0 Å². The lowest BCUT2D eigenvalue weighted by Gasteiger charge is -2.10. The van der Waals surface area contributed by atoms with Crippen molar-refractivity contribution in [2.24, 2.45) is 0 Å². The molecule has 2 N–H and O–H groups in total. The summed E-state index contributed by atoms with van der Waals surface area (Å²) in [6, 6.07) is 8.13. The van der Waals surface area contributed by atoms with Crippen LogP contribution in [0, 0.1) is 19.3 Å². The van der Waals surface area contributed by atoms with Crippen LogP contribution in [0.2, 0.25) is 0 Å². The first kappa shape index (κ1) is 10.6. The van der Waals surface area contributed by atoms with Crippen molar-refractivity contribution in [2.45, 2.75) is 20.3 Å². The van der Waals surface area contributed by atoms with E-state index in [-0.39, 0.29) is 0 Å². The van der Waals surface area contributed by atoms with Crippen LogP contribution in [-0.2, 0) is 6.42 Å². The molecule has 80 valence electrons. The van der Waals surface area contributed by atoms with Crippen LogP contribution in [0.4, 0.5) is 5.69 Å². The fourth-order valence-corrected chi connectivity index (χ4v) is 2.15. The summed E-state index contributed by atoms with van der Waals surface area (Å²) in [6.07, 6.45) is 6.54. The molecular formula is C15H15N. The van der Waals surface area contributed by atoms with Crippen molar-refractivity contribution in [3.05, 3.63) is 41.0 Å². The van der Waals surface area contributed by atoms with E-state index in [0.717, 1.165) is 28.6 Å². The molecule has 0 aromatic heterocycles. The molecule has 0 aliphatic heterocycles. The molecule has 0 amide bonds. The van der Waals surface area contributed by atoms with Gasteiger partial charge in [0.25, 0.3) is 0 Å². The maximum absolute atomic E-state index is 5.88. The predicted molar refractivity (Wildman–Crippen MR) is 70.4 cm³/mol. The number of terminal acetylenes is 1. The van der Waals surface area contributed by atoms with Gasteiger partial charge in [0.15, 0.2) is 0 Å². The summed E-state index contributed by atoms with van der Waals surface area (Å²) in [7, 11) is 0. The van der Waals surface area contributed by atoms with Gasteiger partial charge in [-0.1, -0.05) is 25.0 Å². The Bertz CT molecular complexity index is 588. The molecule has 0 unspecified atom stereocenters. The molecule has 0 radical (unpaired) electrons. The smallest absolute Gasteiger partial charge is 0.0353 e. The van der Waals surface area contributed by atoms with Crippen LogP contribution in [0.15, 0.2) is 24.3 Å². The van der Waals surface area contributed by atoms with Crippen molar-refractivity contribution in [1.29, 1.82) is 0 Å². The minimum Gasteiger partial charge on any atom is -0.399 e. The van der Waals surface area contributed by atoms with Crippen LogP contribution in [-0.4, -0.2) is 0 Å². The lowest BCUT2D eigenvalue weighted by molar-refractivity contribution is 1.16. The zero-order valence-electron chi connectivity index (χ0n) is 9.67. The number of rotatable bonds is 1. The van der Waals surface area contributed by atoms with E-state index < -0.39 is 0 Å². The van der Waals surface area contributed by atoms with Crippen molar-refractivity contribution < 1.29 is 0 Å². The van der Waals surface area contributed by atoms with Crippen LogP contribution in [0.3, 0.4) is 0 Å². The Kier molecular flexibility index (Phi) is 2.58. The third-order valence-electron chi connectivity index (χ3n) is 2.96. The molecule has 2 rings (SSSR count). The lowest BCUT2D eigenvalue weighted by atomic mass is 9.94. The first-order valence-corrected chi connectivity index (χ1v) is 5.45. The number of hydrogen-bond acceptors (Lipinski definition) is 1. The molecule has 2 aromatic rings. The predicted octanol–water partition coefficient (Wildman–Crippen LogP) is 3.27. The Morgan fingerprint density at radius 2 is 2.06 bits per heavy atom. The highest BCUT2D eigenvalue weighted by Crippen LogP contribution is 2.28. The molecular weight excluding hydrogens is 194 g/mol. The number of fused-ring (bicyclic) bond motifs is 1. The Balaban J connectivity index is 2.97. The van der Waals surface area contributed by atoms with E-state index in [1.165, 1.54) is 10.9 Å². The molecule has 0 heterocycles. The molecule has 0 spiro atoms. The SMILES string of the molecule is C#Cc1c(C)ccc2cc(N)cc(CC)c12. The first-order valence-electron chi connectivity index (χ1n) is 5.45. The van der Waals surface area contributed by atoms with Gasteiger partial charge in [-0.25, -0.2) is 0 Å². The molecule has 0 aliphatic rings. The van der Waals surface area contributed by atoms with Crippen LogP contribution < -0.4 is 5.73 Å². The van der Waals surface area contributed by atoms with Crippen LogP contribution in [0.5, 0.6) is 0 Å². The minimum absolute atomic E-state index is 0.802. The summed E-state index contributed by atoms with van der Waals surface area (Å²) in [4.78, 5) is 0. The fourth-order valence-electron chi connectivity index (χ4n) is 2.15. The van der Waals surface area contributed by atoms with Gasteiger partial charge in [-0.2, -0.15) is 0 Å². The van der Waals surface area contributed by atoms with Crippen molar-refractivity contribution in [3.63, 3.8) is 0 Å². The molecule has 16 heavy (non-hydrogen) atoms. The van der Waals surface area contributed by atoms with Gasteiger partial charge in [0, 0.05) is 16.6 Å². The van der Waals surface area contributed by atoms with Crippen molar-refractivity contribution in [3.8, 4) is 12.3 Å². The molecule has 0 saturated heterocycles. The second-order valence-electron chi connectivity index (χ2n) is 4.03. The average Bonchev–Trinajstić information content (AvgIpc) is 2.28. The summed E-state index contributed by atoms with van der Waals surface area (Å²) in [6.45, 7) is 4.17. The van der Waals surface area contributed by atoms with Gasteiger partial charge in [-0.3, -0.25) is 0 Å². The minimum atomic E-state index is 0.802. The summed E-state index contributed by atoms with van der Waals surface area (Å²) < 4.78 is 0. The number of benzene rings is 2. The first-order chi connectivity index (χ1) is 7.67. The molecule has 0 fully saturated rings. The zero-order valence-corrected chi connectivity index (χ0v) is 9.67. The summed E-state index contributed by atoms with van der Waals surface area (Å²) in [5.74, 6) is 2.79. The number of nitrogens with two attached hydrogens (primary N) is 1. The Morgan fingerprint density at radius 1 is 1.31 bits per heavy atom. The summed E-state index contributed by atoms with van der Waals surface area (Å²) >= 11 is 0. The number of nitrogen functional groups attached to an aromatic ring is 1. The van der Waals surface area contributed by atoms with Crippen molar-refractivity contribution in [1.82, 2.24) is 0 Å².